The second-order valence-corrected chi connectivity index (χ2v) is 5.15. The number of urea groups is 1. The number of carbonyl (C=O) groups is 2. The van der Waals surface area contributed by atoms with Gasteiger partial charge in [0.25, 0.3) is 0 Å². The maximum Gasteiger partial charge on any atom is 0.319 e. The first-order chi connectivity index (χ1) is 10.1. The highest BCUT2D eigenvalue weighted by Gasteiger charge is 2.14. The van der Waals surface area contributed by atoms with Gasteiger partial charge in [-0.25, -0.2) is 4.79 Å². The number of carbonyl (C=O) groups excluding carboxylic acids is 2. The van der Waals surface area contributed by atoms with Gasteiger partial charge in [0.05, 0.1) is 0 Å². The van der Waals surface area contributed by atoms with E-state index in [0.717, 1.165) is 26.1 Å². The van der Waals surface area contributed by atoms with Crippen LogP contribution in [0, 0.1) is 5.92 Å². The molecule has 1 aliphatic rings. The zero-order valence-corrected chi connectivity index (χ0v) is 12.1. The Labute approximate surface area is 124 Å². The van der Waals surface area contributed by atoms with Gasteiger partial charge in [-0.1, -0.05) is 6.07 Å². The van der Waals surface area contributed by atoms with Gasteiger partial charge in [0.1, 0.15) is 0 Å². The Kier molecular flexibility index (Phi) is 5.57. The predicted molar refractivity (Wildman–Crippen MR) is 81.3 cm³/mol. The van der Waals surface area contributed by atoms with E-state index in [1.807, 2.05) is 0 Å². The maximum atomic E-state index is 11.8. The van der Waals surface area contributed by atoms with Gasteiger partial charge in [0, 0.05) is 38.1 Å². The van der Waals surface area contributed by atoms with Crippen molar-refractivity contribution in [2.45, 2.75) is 19.8 Å². The summed E-state index contributed by atoms with van der Waals surface area (Å²) in [5.41, 5.74) is 1.30. The predicted octanol–water partition coefficient (Wildman–Crippen LogP) is 2.19. The van der Waals surface area contributed by atoms with Crippen LogP contribution in [0.3, 0.4) is 0 Å². The molecule has 2 rings (SSSR count). The molecule has 1 aliphatic heterocycles. The van der Waals surface area contributed by atoms with E-state index in [2.05, 4.69) is 16.0 Å². The van der Waals surface area contributed by atoms with Crippen LogP contribution in [0.4, 0.5) is 16.2 Å². The summed E-state index contributed by atoms with van der Waals surface area (Å²) in [7, 11) is 0. The molecule has 0 spiro atoms. The normalized spacial score (nSPS) is 15.3. The van der Waals surface area contributed by atoms with E-state index in [1.165, 1.54) is 6.92 Å². The SMILES string of the molecule is CC(=O)Nc1cccc(NC(=O)NCC2CCOCC2)c1. The Morgan fingerprint density at radius 1 is 1.19 bits per heavy atom. The molecule has 0 aliphatic carbocycles. The molecule has 1 heterocycles. The second kappa shape index (κ2) is 7.64. The van der Waals surface area contributed by atoms with Crippen molar-refractivity contribution in [1.29, 1.82) is 0 Å². The Bertz CT molecular complexity index is 499. The number of amides is 3. The van der Waals surface area contributed by atoms with Crippen molar-refractivity contribution < 1.29 is 14.3 Å². The molecular formula is C15H21N3O3. The molecule has 0 aromatic heterocycles. The highest BCUT2D eigenvalue weighted by molar-refractivity contribution is 5.92. The Hall–Kier alpha value is -2.08. The first-order valence-electron chi connectivity index (χ1n) is 7.14. The van der Waals surface area contributed by atoms with Crippen molar-refractivity contribution in [2.24, 2.45) is 5.92 Å². The fraction of sp³-hybridized carbons (Fsp3) is 0.467. The van der Waals surface area contributed by atoms with Gasteiger partial charge in [-0.3, -0.25) is 4.79 Å². The number of anilines is 2. The minimum Gasteiger partial charge on any atom is -0.381 e. The number of hydrogen-bond donors (Lipinski definition) is 3. The monoisotopic (exact) mass is 291 g/mol. The molecule has 0 radical (unpaired) electrons. The van der Waals surface area contributed by atoms with Gasteiger partial charge < -0.3 is 20.7 Å². The maximum absolute atomic E-state index is 11.8. The average Bonchev–Trinajstić information content (AvgIpc) is 2.46. The van der Waals surface area contributed by atoms with E-state index in [9.17, 15) is 9.59 Å². The summed E-state index contributed by atoms with van der Waals surface area (Å²) in [5.74, 6) is 0.339. The summed E-state index contributed by atoms with van der Waals surface area (Å²) in [6.07, 6.45) is 1.97. The number of nitrogens with one attached hydrogen (secondary N) is 3. The topological polar surface area (TPSA) is 79.5 Å². The van der Waals surface area contributed by atoms with Crippen molar-refractivity contribution in [3.8, 4) is 0 Å². The first kappa shape index (κ1) is 15.3. The van der Waals surface area contributed by atoms with Crippen LogP contribution >= 0.6 is 0 Å². The van der Waals surface area contributed by atoms with Crippen LogP contribution in [0.1, 0.15) is 19.8 Å². The molecule has 1 fully saturated rings. The van der Waals surface area contributed by atoms with Crippen LogP contribution < -0.4 is 16.0 Å². The molecule has 1 saturated heterocycles. The zero-order chi connectivity index (χ0) is 15.1. The molecule has 114 valence electrons. The quantitative estimate of drug-likeness (QED) is 0.795. The largest absolute Gasteiger partial charge is 0.381 e. The molecule has 1 aromatic rings. The molecule has 0 atom stereocenters. The number of rotatable bonds is 4. The van der Waals surface area contributed by atoms with Crippen LogP contribution in [0.5, 0.6) is 0 Å². The fourth-order valence-electron chi connectivity index (χ4n) is 2.24. The van der Waals surface area contributed by atoms with Crippen LogP contribution in [-0.4, -0.2) is 31.7 Å². The van der Waals surface area contributed by atoms with Gasteiger partial charge in [-0.05, 0) is 37.0 Å². The van der Waals surface area contributed by atoms with Gasteiger partial charge in [-0.15, -0.1) is 0 Å². The van der Waals surface area contributed by atoms with Crippen LogP contribution in [0.25, 0.3) is 0 Å². The van der Waals surface area contributed by atoms with Gasteiger partial charge >= 0.3 is 6.03 Å². The number of benzene rings is 1. The molecular weight excluding hydrogens is 270 g/mol. The van der Waals surface area contributed by atoms with Gasteiger partial charge in [0.15, 0.2) is 0 Å². The Morgan fingerprint density at radius 3 is 2.52 bits per heavy atom. The fourth-order valence-corrected chi connectivity index (χ4v) is 2.24. The second-order valence-electron chi connectivity index (χ2n) is 5.15. The van der Waals surface area contributed by atoms with E-state index in [1.54, 1.807) is 24.3 Å². The molecule has 0 bridgehead atoms. The summed E-state index contributed by atoms with van der Waals surface area (Å²) < 4.78 is 5.28. The lowest BCUT2D eigenvalue weighted by Crippen LogP contribution is -2.35. The lowest BCUT2D eigenvalue weighted by molar-refractivity contribution is -0.114. The summed E-state index contributed by atoms with van der Waals surface area (Å²) >= 11 is 0. The Balaban J connectivity index is 1.80. The van der Waals surface area contributed by atoms with Crippen LogP contribution in [-0.2, 0) is 9.53 Å². The summed E-state index contributed by atoms with van der Waals surface area (Å²) in [6, 6.07) is 6.81. The van der Waals surface area contributed by atoms with Crippen molar-refractivity contribution in [3.05, 3.63) is 24.3 Å². The van der Waals surface area contributed by atoms with Crippen molar-refractivity contribution >= 4 is 23.3 Å². The molecule has 6 nitrogen and oxygen atoms in total. The van der Waals surface area contributed by atoms with Gasteiger partial charge in [-0.2, -0.15) is 0 Å². The third kappa shape index (κ3) is 5.43. The van der Waals surface area contributed by atoms with E-state index in [4.69, 9.17) is 4.74 Å². The number of ether oxygens (including phenoxy) is 1. The van der Waals surface area contributed by atoms with E-state index in [0.29, 0.717) is 23.8 Å². The molecule has 1 aromatic carbocycles. The average molecular weight is 291 g/mol. The number of hydrogen-bond acceptors (Lipinski definition) is 3. The standard InChI is InChI=1S/C15H21N3O3/c1-11(19)17-13-3-2-4-14(9-13)18-15(20)16-10-12-5-7-21-8-6-12/h2-4,9,12H,5-8,10H2,1H3,(H,17,19)(H2,16,18,20). The molecule has 0 saturated carbocycles. The summed E-state index contributed by atoms with van der Waals surface area (Å²) in [4.78, 5) is 22.9. The third-order valence-electron chi connectivity index (χ3n) is 3.33. The van der Waals surface area contributed by atoms with Crippen molar-refractivity contribution in [2.75, 3.05) is 30.4 Å². The summed E-state index contributed by atoms with van der Waals surface area (Å²) in [6.45, 7) is 3.64. The first-order valence-corrected chi connectivity index (χ1v) is 7.14. The molecule has 3 N–H and O–H groups in total. The minimum absolute atomic E-state index is 0.142. The molecule has 6 heteroatoms. The minimum atomic E-state index is -0.235. The highest BCUT2D eigenvalue weighted by Crippen LogP contribution is 2.15. The lowest BCUT2D eigenvalue weighted by Gasteiger charge is -2.22. The van der Waals surface area contributed by atoms with Crippen molar-refractivity contribution in [3.63, 3.8) is 0 Å². The Morgan fingerprint density at radius 2 is 1.86 bits per heavy atom. The van der Waals surface area contributed by atoms with Crippen LogP contribution in [0.2, 0.25) is 0 Å². The van der Waals surface area contributed by atoms with E-state index < -0.39 is 0 Å². The molecule has 3 amide bonds. The lowest BCUT2D eigenvalue weighted by atomic mass is 10.0. The molecule has 21 heavy (non-hydrogen) atoms. The van der Waals surface area contributed by atoms with Crippen molar-refractivity contribution in [1.82, 2.24) is 5.32 Å². The highest BCUT2D eigenvalue weighted by atomic mass is 16.5. The van der Waals surface area contributed by atoms with E-state index >= 15 is 0 Å². The van der Waals surface area contributed by atoms with Crippen LogP contribution in [0.15, 0.2) is 24.3 Å². The smallest absolute Gasteiger partial charge is 0.319 e. The summed E-state index contributed by atoms with van der Waals surface area (Å²) in [5, 5.41) is 8.31. The van der Waals surface area contributed by atoms with Gasteiger partial charge in [0.2, 0.25) is 5.91 Å². The molecule has 0 unspecified atom stereocenters. The van der Waals surface area contributed by atoms with E-state index in [-0.39, 0.29) is 11.9 Å². The zero-order valence-electron chi connectivity index (χ0n) is 12.1. The third-order valence-corrected chi connectivity index (χ3v) is 3.33.